The molecule has 1 atom stereocenters. The van der Waals surface area contributed by atoms with E-state index in [1.165, 1.54) is 0 Å². The minimum Gasteiger partial charge on any atom is -0.171 e. The molecule has 0 aliphatic carbocycles. The molecule has 0 radical (unpaired) electrons. The summed E-state index contributed by atoms with van der Waals surface area (Å²) in [5.41, 5.74) is 0.943. The van der Waals surface area contributed by atoms with E-state index in [1.807, 2.05) is 52.9 Å². The zero-order chi connectivity index (χ0) is 11.5. The van der Waals surface area contributed by atoms with Crippen LogP contribution in [0.2, 0.25) is 0 Å². The van der Waals surface area contributed by atoms with E-state index in [4.69, 9.17) is 0 Å². The molecule has 0 fully saturated rings. The van der Waals surface area contributed by atoms with Crippen molar-refractivity contribution in [3.05, 3.63) is 35.9 Å². The van der Waals surface area contributed by atoms with Crippen molar-refractivity contribution in [2.75, 3.05) is 0 Å². The molecule has 0 saturated carbocycles. The van der Waals surface area contributed by atoms with E-state index in [2.05, 4.69) is 0 Å². The molecule has 15 heavy (non-hydrogen) atoms. The summed E-state index contributed by atoms with van der Waals surface area (Å²) < 4.78 is 36.0. The third kappa shape index (κ3) is 5.39. The zero-order valence-corrected chi connectivity index (χ0v) is 10.5. The van der Waals surface area contributed by atoms with E-state index in [9.17, 15) is 13.2 Å². The van der Waals surface area contributed by atoms with Gasteiger partial charge in [0.05, 0.1) is 6.42 Å². The van der Waals surface area contributed by atoms with Gasteiger partial charge in [-0.05, 0) is 18.9 Å². The van der Waals surface area contributed by atoms with Crippen molar-refractivity contribution in [2.24, 2.45) is 0 Å². The number of alkyl halides is 4. The second-order valence-electron chi connectivity index (χ2n) is 3.87. The summed E-state index contributed by atoms with van der Waals surface area (Å²) in [4.78, 5) is 0. The van der Waals surface area contributed by atoms with E-state index in [0.717, 1.165) is 5.56 Å². The Bertz CT molecular complexity index is 303. The molecule has 0 aliphatic heterocycles. The Kier molecular flexibility index (Phi) is 4.03. The number of rotatable bonds is 3. The van der Waals surface area contributed by atoms with Crippen LogP contribution in [-0.2, 0) is 6.42 Å². The molecule has 0 saturated heterocycles. The highest BCUT2D eigenvalue weighted by Gasteiger charge is 2.37. The van der Waals surface area contributed by atoms with Crippen LogP contribution in [0.1, 0.15) is 18.9 Å². The van der Waals surface area contributed by atoms with Crippen LogP contribution in [0.3, 0.4) is 0 Å². The molecule has 4 heteroatoms. The molecule has 0 spiro atoms. The fraction of sp³-hybridized carbons (Fsp3) is 0.455. The van der Waals surface area contributed by atoms with Crippen LogP contribution in [0.5, 0.6) is 0 Å². The average molecular weight is 328 g/mol. The number of hydrogen-bond donors (Lipinski definition) is 0. The first-order valence-electron chi connectivity index (χ1n) is 4.58. The summed E-state index contributed by atoms with van der Waals surface area (Å²) in [6, 6.07) is 9.25. The third-order valence-electron chi connectivity index (χ3n) is 1.98. The lowest BCUT2D eigenvalue weighted by Crippen LogP contribution is -2.27. The van der Waals surface area contributed by atoms with Crippen molar-refractivity contribution in [3.63, 3.8) is 0 Å². The lowest BCUT2D eigenvalue weighted by molar-refractivity contribution is -0.138. The first kappa shape index (κ1) is 12.8. The van der Waals surface area contributed by atoms with Gasteiger partial charge in [-0.1, -0.05) is 52.9 Å². The molecule has 0 nitrogen and oxygen atoms in total. The fourth-order valence-electron chi connectivity index (χ4n) is 1.50. The maximum Gasteiger partial charge on any atom is 0.390 e. The molecule has 0 amide bonds. The first-order chi connectivity index (χ1) is 6.79. The van der Waals surface area contributed by atoms with Gasteiger partial charge >= 0.3 is 6.18 Å². The predicted molar refractivity (Wildman–Crippen MR) is 63.2 cm³/mol. The van der Waals surface area contributed by atoms with Gasteiger partial charge in [0.2, 0.25) is 0 Å². The van der Waals surface area contributed by atoms with Gasteiger partial charge in [-0.3, -0.25) is 0 Å². The van der Waals surface area contributed by atoms with Crippen molar-refractivity contribution in [1.82, 2.24) is 0 Å². The topological polar surface area (TPSA) is 0 Å². The molecular formula is C11H12F3I. The number of hydrogen-bond acceptors (Lipinski definition) is 0. The van der Waals surface area contributed by atoms with Gasteiger partial charge in [0.25, 0.3) is 0 Å². The smallest absolute Gasteiger partial charge is 0.171 e. The normalized spacial score (nSPS) is 16.1. The third-order valence-corrected chi connectivity index (χ3v) is 2.75. The molecule has 0 aliphatic rings. The highest BCUT2D eigenvalue weighted by Crippen LogP contribution is 2.36. The molecule has 0 N–H and O–H groups in total. The van der Waals surface area contributed by atoms with E-state index >= 15 is 0 Å². The average Bonchev–Trinajstić information content (AvgIpc) is 1.99. The van der Waals surface area contributed by atoms with E-state index < -0.39 is 16.0 Å². The molecule has 1 rings (SSSR count). The Hall–Kier alpha value is -0.260. The van der Waals surface area contributed by atoms with Crippen LogP contribution in [-0.4, -0.2) is 9.60 Å². The summed E-state index contributed by atoms with van der Waals surface area (Å²) in [6.45, 7) is 1.63. The maximum absolute atomic E-state index is 12.2. The van der Waals surface area contributed by atoms with Crippen molar-refractivity contribution < 1.29 is 13.2 Å². The number of benzene rings is 1. The van der Waals surface area contributed by atoms with Crippen LogP contribution in [0.4, 0.5) is 13.2 Å². The van der Waals surface area contributed by atoms with Gasteiger partial charge < -0.3 is 0 Å². The fourth-order valence-corrected chi connectivity index (χ4v) is 2.37. The lowest BCUT2D eigenvalue weighted by atomic mass is 9.98. The summed E-state index contributed by atoms with van der Waals surface area (Å²) in [5.74, 6) is 0. The molecule has 0 aromatic heterocycles. The van der Waals surface area contributed by atoms with Crippen LogP contribution in [0.25, 0.3) is 0 Å². The van der Waals surface area contributed by atoms with Crippen LogP contribution < -0.4 is 0 Å². The molecule has 1 aromatic carbocycles. The van der Waals surface area contributed by atoms with Crippen LogP contribution in [0.15, 0.2) is 30.3 Å². The van der Waals surface area contributed by atoms with Gasteiger partial charge in [0.15, 0.2) is 0 Å². The highest BCUT2D eigenvalue weighted by molar-refractivity contribution is 14.1. The summed E-state index contributed by atoms with van der Waals surface area (Å²) in [6.07, 6.45) is -4.41. The quantitative estimate of drug-likeness (QED) is 0.571. The van der Waals surface area contributed by atoms with Gasteiger partial charge in [-0.25, -0.2) is 0 Å². The monoisotopic (exact) mass is 328 g/mol. The van der Waals surface area contributed by atoms with Crippen LogP contribution in [0, 0.1) is 0 Å². The van der Waals surface area contributed by atoms with E-state index in [1.54, 1.807) is 6.92 Å². The van der Waals surface area contributed by atoms with E-state index in [0.29, 0.717) is 6.42 Å². The van der Waals surface area contributed by atoms with Crippen molar-refractivity contribution in [2.45, 2.75) is 29.4 Å². The van der Waals surface area contributed by atoms with Crippen molar-refractivity contribution in [1.29, 1.82) is 0 Å². The standard InChI is InChI=1S/C11H12F3I/c1-10(15,8-11(12,13)14)7-9-5-3-2-4-6-9/h2-6H,7-8H2,1H3. The first-order valence-corrected chi connectivity index (χ1v) is 5.66. The molecule has 84 valence electrons. The second-order valence-corrected chi connectivity index (χ2v) is 6.47. The Morgan fingerprint density at radius 3 is 2.13 bits per heavy atom. The van der Waals surface area contributed by atoms with Gasteiger partial charge in [-0.15, -0.1) is 0 Å². The van der Waals surface area contributed by atoms with Gasteiger partial charge in [0, 0.05) is 3.42 Å². The Morgan fingerprint density at radius 2 is 1.67 bits per heavy atom. The van der Waals surface area contributed by atoms with E-state index in [-0.39, 0.29) is 0 Å². The molecule has 0 bridgehead atoms. The summed E-state index contributed by atoms with van der Waals surface area (Å²) >= 11 is 1.88. The SMILES string of the molecule is CC(I)(Cc1ccccc1)CC(F)(F)F. The van der Waals surface area contributed by atoms with Crippen molar-refractivity contribution in [3.8, 4) is 0 Å². The molecule has 1 aromatic rings. The van der Waals surface area contributed by atoms with Gasteiger partial charge in [-0.2, -0.15) is 13.2 Å². The second kappa shape index (κ2) is 4.72. The number of halogens is 4. The Morgan fingerprint density at radius 1 is 1.13 bits per heavy atom. The van der Waals surface area contributed by atoms with Gasteiger partial charge in [0.1, 0.15) is 0 Å². The summed E-state index contributed by atoms with van der Waals surface area (Å²) in [7, 11) is 0. The maximum atomic E-state index is 12.2. The highest BCUT2D eigenvalue weighted by atomic mass is 127. The lowest BCUT2D eigenvalue weighted by Gasteiger charge is -2.24. The predicted octanol–water partition coefficient (Wildman–Crippen LogP) is 4.38. The van der Waals surface area contributed by atoms with Crippen molar-refractivity contribution >= 4 is 22.6 Å². The minimum atomic E-state index is -4.09. The molecule has 1 unspecified atom stereocenters. The molecular weight excluding hydrogens is 316 g/mol. The Balaban J connectivity index is 2.65. The largest absolute Gasteiger partial charge is 0.390 e. The Labute approximate surface area is 101 Å². The van der Waals surface area contributed by atoms with Crippen LogP contribution >= 0.6 is 22.6 Å². The minimum absolute atomic E-state index is 0.438. The summed E-state index contributed by atoms with van der Waals surface area (Å²) in [5, 5.41) is 0. The molecule has 0 heterocycles. The zero-order valence-electron chi connectivity index (χ0n) is 8.31.